The topological polar surface area (TPSA) is 82.1 Å². The minimum Gasteiger partial charge on any atom is -0.462 e. The van der Waals surface area contributed by atoms with E-state index in [2.05, 4.69) is 58.7 Å². The summed E-state index contributed by atoms with van der Waals surface area (Å²) < 4.78 is 16.7. The predicted molar refractivity (Wildman–Crippen MR) is 234 cm³/mol. The van der Waals surface area contributed by atoms with E-state index in [1.165, 1.54) is 70.9 Å². The molecular weight excluding hydrogens is 687 g/mol. The Labute approximate surface area is 341 Å². The van der Waals surface area contributed by atoms with Crippen LogP contribution in [-0.4, -0.2) is 62.3 Å². The number of esters is 3. The zero-order valence-corrected chi connectivity index (χ0v) is 37.5. The Morgan fingerprint density at radius 3 is 1.36 bits per heavy atom. The first kappa shape index (κ1) is 54.9. The summed E-state index contributed by atoms with van der Waals surface area (Å²) in [5.74, 6) is -0.311. The van der Waals surface area contributed by atoms with Gasteiger partial charge in [0.2, 0.25) is 0 Å². The maximum absolute atomic E-state index is 12.7. The van der Waals surface area contributed by atoms with Crippen molar-refractivity contribution in [2.45, 2.75) is 227 Å². The second-order valence-corrected chi connectivity index (χ2v) is 15.6. The van der Waals surface area contributed by atoms with Crippen LogP contribution in [0.25, 0.3) is 0 Å². The fourth-order valence-corrected chi connectivity index (χ4v) is 6.23. The zero-order valence-electron chi connectivity index (χ0n) is 37.5. The summed E-state index contributed by atoms with van der Waals surface area (Å²) in [4.78, 5) is 39.0. The Hall–Kier alpha value is -2.15. The van der Waals surface area contributed by atoms with Crippen molar-refractivity contribution in [2.24, 2.45) is 5.92 Å². The zero-order chi connectivity index (χ0) is 41.0. The third-order valence-corrected chi connectivity index (χ3v) is 10.1. The molecule has 0 heterocycles. The van der Waals surface area contributed by atoms with Crippen LogP contribution in [0.5, 0.6) is 0 Å². The van der Waals surface area contributed by atoms with Crippen molar-refractivity contribution in [3.8, 4) is 0 Å². The van der Waals surface area contributed by atoms with Gasteiger partial charge in [-0.05, 0) is 97.2 Å². The smallest absolute Gasteiger partial charge is 0.308 e. The van der Waals surface area contributed by atoms with Gasteiger partial charge in [0.25, 0.3) is 0 Å². The van der Waals surface area contributed by atoms with Crippen LogP contribution < -0.4 is 0 Å². The minimum atomic E-state index is -0.106. The van der Waals surface area contributed by atoms with Crippen LogP contribution in [0, 0.1) is 5.92 Å². The molecule has 0 rings (SSSR count). The summed E-state index contributed by atoms with van der Waals surface area (Å²) in [6.45, 7) is 16.1. The van der Waals surface area contributed by atoms with Gasteiger partial charge >= 0.3 is 17.9 Å². The van der Waals surface area contributed by atoms with Crippen molar-refractivity contribution in [1.29, 1.82) is 0 Å². The maximum Gasteiger partial charge on any atom is 0.308 e. The SMILES string of the molecule is CCCCCC/C=C\COC(=O)CCCCCCCC(CCCCCCCC(=O)OC/C=C\CCCCCC)OC(=O)C(C)CCCC.CCCN(C)CC. The molecule has 0 amide bonds. The lowest BCUT2D eigenvalue weighted by Crippen LogP contribution is -2.23. The van der Waals surface area contributed by atoms with E-state index in [9.17, 15) is 14.4 Å². The van der Waals surface area contributed by atoms with Gasteiger partial charge < -0.3 is 19.1 Å². The van der Waals surface area contributed by atoms with E-state index >= 15 is 0 Å². The van der Waals surface area contributed by atoms with Crippen molar-refractivity contribution in [1.82, 2.24) is 4.90 Å². The number of nitrogens with zero attached hydrogens (tertiary/aromatic N) is 1. The highest BCUT2D eigenvalue weighted by Crippen LogP contribution is 2.20. The molecule has 0 aliphatic carbocycles. The third kappa shape index (κ3) is 42.8. The van der Waals surface area contributed by atoms with Crippen LogP contribution >= 0.6 is 0 Å². The molecule has 0 N–H and O–H groups in total. The van der Waals surface area contributed by atoms with Crippen molar-refractivity contribution >= 4 is 17.9 Å². The number of carbonyl (C=O) groups excluding carboxylic acids is 3. The average Bonchev–Trinajstić information content (AvgIpc) is 3.18. The quantitative estimate of drug-likeness (QED) is 0.0267. The van der Waals surface area contributed by atoms with Gasteiger partial charge in [-0.3, -0.25) is 14.4 Å². The molecule has 7 nitrogen and oxygen atoms in total. The van der Waals surface area contributed by atoms with Gasteiger partial charge in [0.15, 0.2) is 0 Å². The molecule has 0 aromatic heterocycles. The summed E-state index contributed by atoms with van der Waals surface area (Å²) in [7, 11) is 2.14. The van der Waals surface area contributed by atoms with Crippen LogP contribution in [0.4, 0.5) is 0 Å². The molecule has 0 radical (unpaired) electrons. The molecule has 55 heavy (non-hydrogen) atoms. The first-order valence-corrected chi connectivity index (χ1v) is 23.3. The average molecular weight is 778 g/mol. The molecule has 7 heteroatoms. The van der Waals surface area contributed by atoms with E-state index < -0.39 is 0 Å². The Kier molecular flexibility index (Phi) is 44.5. The van der Waals surface area contributed by atoms with E-state index in [1.807, 2.05) is 19.1 Å². The molecule has 0 aliphatic rings. The summed E-state index contributed by atoms with van der Waals surface area (Å²) in [6.07, 6.45) is 37.5. The number of hydrogen-bond acceptors (Lipinski definition) is 7. The molecule has 0 bridgehead atoms. The van der Waals surface area contributed by atoms with Crippen molar-refractivity contribution in [3.05, 3.63) is 24.3 Å². The molecule has 1 unspecified atom stereocenters. The number of ether oxygens (including phenoxy) is 3. The number of carbonyl (C=O) groups is 3. The Balaban J connectivity index is 0. The van der Waals surface area contributed by atoms with Gasteiger partial charge in [0, 0.05) is 12.8 Å². The molecular formula is C48H91NO6. The van der Waals surface area contributed by atoms with Crippen molar-refractivity contribution in [3.63, 3.8) is 0 Å². The Morgan fingerprint density at radius 2 is 0.945 bits per heavy atom. The normalized spacial score (nSPS) is 12.0. The van der Waals surface area contributed by atoms with Crippen LogP contribution in [0.2, 0.25) is 0 Å². The number of hydrogen-bond donors (Lipinski definition) is 0. The maximum atomic E-state index is 12.7. The summed E-state index contributed by atoms with van der Waals surface area (Å²) in [6, 6.07) is 0. The monoisotopic (exact) mass is 778 g/mol. The molecule has 0 saturated carbocycles. The second kappa shape index (κ2) is 44.6. The van der Waals surface area contributed by atoms with Gasteiger partial charge in [-0.2, -0.15) is 0 Å². The van der Waals surface area contributed by atoms with Gasteiger partial charge in [-0.1, -0.05) is 156 Å². The van der Waals surface area contributed by atoms with E-state index in [0.29, 0.717) is 26.1 Å². The second-order valence-electron chi connectivity index (χ2n) is 15.6. The van der Waals surface area contributed by atoms with Crippen molar-refractivity contribution in [2.75, 3.05) is 33.4 Å². The largest absolute Gasteiger partial charge is 0.462 e. The number of rotatable bonds is 38. The van der Waals surface area contributed by atoms with Gasteiger partial charge in [-0.25, -0.2) is 0 Å². The summed E-state index contributed by atoms with van der Waals surface area (Å²) in [5, 5.41) is 0. The molecule has 0 aromatic carbocycles. The molecule has 0 aromatic rings. The standard InChI is InChI=1S/C42H76O6.C6H15N/c1-5-8-11-13-15-23-29-36-46-40(43)34-27-21-17-19-25-32-39(48-42(45)38(4)31-10-7-3)33-26-20-18-22-28-35-41(44)47-37-30-24-16-14-12-9-6-2;1-4-6-7(3)5-2/h23-24,29-30,38-39H,5-22,25-28,31-37H2,1-4H3;4-6H2,1-3H3/b29-23-,30-24-;. The molecule has 324 valence electrons. The lowest BCUT2D eigenvalue weighted by molar-refractivity contribution is -0.154. The van der Waals surface area contributed by atoms with E-state index in [4.69, 9.17) is 14.2 Å². The van der Waals surface area contributed by atoms with E-state index in [-0.39, 0.29) is 29.9 Å². The fraction of sp³-hybridized carbons (Fsp3) is 0.854. The molecule has 0 spiro atoms. The van der Waals surface area contributed by atoms with Crippen LogP contribution in [-0.2, 0) is 28.6 Å². The molecule has 1 atom stereocenters. The summed E-state index contributed by atoms with van der Waals surface area (Å²) >= 11 is 0. The van der Waals surface area contributed by atoms with E-state index in [1.54, 1.807) is 0 Å². The highest BCUT2D eigenvalue weighted by Gasteiger charge is 2.19. The van der Waals surface area contributed by atoms with Gasteiger partial charge in [0.05, 0.1) is 5.92 Å². The highest BCUT2D eigenvalue weighted by atomic mass is 16.5. The first-order valence-electron chi connectivity index (χ1n) is 23.3. The van der Waals surface area contributed by atoms with Crippen LogP contribution in [0.1, 0.15) is 221 Å². The van der Waals surface area contributed by atoms with Crippen LogP contribution in [0.3, 0.4) is 0 Å². The fourth-order valence-electron chi connectivity index (χ4n) is 6.23. The molecule has 0 fully saturated rings. The van der Waals surface area contributed by atoms with E-state index in [0.717, 1.165) is 109 Å². The minimum absolute atomic E-state index is 0.0223. The predicted octanol–water partition coefficient (Wildman–Crippen LogP) is 13.7. The Morgan fingerprint density at radius 1 is 0.509 bits per heavy atom. The first-order chi connectivity index (χ1) is 26.7. The number of allylic oxidation sites excluding steroid dienone is 2. The van der Waals surface area contributed by atoms with Crippen molar-refractivity contribution < 1.29 is 28.6 Å². The van der Waals surface area contributed by atoms with Gasteiger partial charge in [0.1, 0.15) is 19.3 Å². The third-order valence-electron chi connectivity index (χ3n) is 10.1. The molecule has 0 saturated heterocycles. The van der Waals surface area contributed by atoms with Gasteiger partial charge in [-0.15, -0.1) is 0 Å². The Bertz CT molecular complexity index is 851. The highest BCUT2D eigenvalue weighted by molar-refractivity contribution is 5.72. The lowest BCUT2D eigenvalue weighted by Gasteiger charge is -2.20. The molecule has 0 aliphatic heterocycles. The number of unbranched alkanes of at least 4 members (excludes halogenated alkanes) is 17. The summed E-state index contributed by atoms with van der Waals surface area (Å²) in [5.41, 5.74) is 0. The van der Waals surface area contributed by atoms with Crippen LogP contribution in [0.15, 0.2) is 24.3 Å². The lowest BCUT2D eigenvalue weighted by atomic mass is 10.0.